The van der Waals surface area contributed by atoms with Crippen LogP contribution in [0.15, 0.2) is 0 Å². The summed E-state index contributed by atoms with van der Waals surface area (Å²) >= 11 is 0. The second kappa shape index (κ2) is 4.85. The molecule has 1 rings (SSSR count). The van der Waals surface area contributed by atoms with Gasteiger partial charge in [-0.15, -0.1) is 0 Å². The fraction of sp³-hybridized carbons (Fsp3) is 0.889. The number of alkyl halides is 2. The SMILES string of the molecule is CNC(COCC(F)F)(C(N)=O)C1CC1. The standard InChI is InChI=1S/C9H16F2N2O2/c1-13-9(8(12)14,6-2-3-6)5-15-4-7(10)11/h6-7,13H,2-5H2,1H3,(H2,12,14). The molecular formula is C9H16F2N2O2. The molecule has 1 amide bonds. The van der Waals surface area contributed by atoms with Gasteiger partial charge < -0.3 is 15.8 Å². The number of likely N-dealkylation sites (N-methyl/N-ethyl adjacent to an activating group) is 1. The average Bonchev–Trinajstić information content (AvgIpc) is 2.95. The quantitative estimate of drug-likeness (QED) is 0.643. The maximum atomic E-state index is 11.9. The van der Waals surface area contributed by atoms with Crippen molar-refractivity contribution in [1.29, 1.82) is 0 Å². The smallest absolute Gasteiger partial charge is 0.261 e. The van der Waals surface area contributed by atoms with Crippen molar-refractivity contribution in [3.63, 3.8) is 0 Å². The third kappa shape index (κ3) is 2.85. The van der Waals surface area contributed by atoms with Gasteiger partial charge in [0.15, 0.2) is 0 Å². The van der Waals surface area contributed by atoms with Crippen LogP contribution in [0, 0.1) is 5.92 Å². The molecule has 0 aliphatic heterocycles. The molecule has 3 N–H and O–H groups in total. The molecule has 0 spiro atoms. The topological polar surface area (TPSA) is 64.3 Å². The van der Waals surface area contributed by atoms with E-state index in [0.717, 1.165) is 12.8 Å². The second-order valence-electron chi connectivity index (χ2n) is 3.77. The third-order valence-corrected chi connectivity index (χ3v) is 2.73. The van der Waals surface area contributed by atoms with E-state index in [9.17, 15) is 13.6 Å². The Hall–Kier alpha value is -0.750. The third-order valence-electron chi connectivity index (χ3n) is 2.73. The highest BCUT2D eigenvalue weighted by Crippen LogP contribution is 2.39. The highest BCUT2D eigenvalue weighted by molar-refractivity contribution is 5.85. The fourth-order valence-electron chi connectivity index (χ4n) is 1.67. The lowest BCUT2D eigenvalue weighted by atomic mass is 9.93. The van der Waals surface area contributed by atoms with Crippen LogP contribution in [0.4, 0.5) is 8.78 Å². The van der Waals surface area contributed by atoms with Crippen molar-refractivity contribution in [3.05, 3.63) is 0 Å². The van der Waals surface area contributed by atoms with Crippen molar-refractivity contribution in [2.45, 2.75) is 24.8 Å². The lowest BCUT2D eigenvalue weighted by Gasteiger charge is -2.29. The number of carbonyl (C=O) groups excluding carboxylic acids is 1. The van der Waals surface area contributed by atoms with Gasteiger partial charge in [-0.05, 0) is 25.8 Å². The van der Waals surface area contributed by atoms with Gasteiger partial charge in [0.2, 0.25) is 5.91 Å². The minimum atomic E-state index is -2.52. The first-order chi connectivity index (χ1) is 7.03. The zero-order chi connectivity index (χ0) is 11.5. The van der Waals surface area contributed by atoms with Gasteiger partial charge in [-0.3, -0.25) is 4.79 Å². The summed E-state index contributed by atoms with van der Waals surface area (Å²) in [7, 11) is 1.59. The molecule has 0 heterocycles. The molecule has 0 aromatic rings. The van der Waals surface area contributed by atoms with E-state index in [4.69, 9.17) is 10.5 Å². The number of amides is 1. The Kier molecular flexibility index (Phi) is 3.98. The first-order valence-corrected chi connectivity index (χ1v) is 4.87. The van der Waals surface area contributed by atoms with Crippen LogP contribution in [0.3, 0.4) is 0 Å². The molecule has 1 aliphatic carbocycles. The summed E-state index contributed by atoms with van der Waals surface area (Å²) in [5.74, 6) is -0.431. The highest BCUT2D eigenvalue weighted by Gasteiger charge is 2.49. The van der Waals surface area contributed by atoms with E-state index in [-0.39, 0.29) is 12.5 Å². The second-order valence-corrected chi connectivity index (χ2v) is 3.77. The van der Waals surface area contributed by atoms with Gasteiger partial charge in [0.05, 0.1) is 6.61 Å². The number of primary amides is 1. The van der Waals surface area contributed by atoms with Crippen molar-refractivity contribution in [2.75, 3.05) is 20.3 Å². The van der Waals surface area contributed by atoms with Crippen LogP contribution in [-0.2, 0) is 9.53 Å². The molecule has 4 nitrogen and oxygen atoms in total. The summed E-state index contributed by atoms with van der Waals surface area (Å²) in [6.45, 7) is -0.753. The fourth-order valence-corrected chi connectivity index (χ4v) is 1.67. The van der Waals surface area contributed by atoms with Crippen molar-refractivity contribution >= 4 is 5.91 Å². The van der Waals surface area contributed by atoms with Crippen LogP contribution in [0.2, 0.25) is 0 Å². The predicted molar refractivity (Wildman–Crippen MR) is 50.5 cm³/mol. The number of rotatable bonds is 7. The van der Waals surface area contributed by atoms with Crippen molar-refractivity contribution in [1.82, 2.24) is 5.32 Å². The molecule has 0 aromatic carbocycles. The summed E-state index contributed by atoms with van der Waals surface area (Å²) < 4.78 is 28.5. The van der Waals surface area contributed by atoms with E-state index in [2.05, 4.69) is 5.32 Å². The molecule has 1 unspecified atom stereocenters. The summed E-state index contributed by atoms with van der Waals surface area (Å²) in [4.78, 5) is 11.3. The lowest BCUT2D eigenvalue weighted by Crippen LogP contribution is -2.59. The average molecular weight is 222 g/mol. The number of hydrogen-bond donors (Lipinski definition) is 2. The molecule has 0 aromatic heterocycles. The number of carbonyl (C=O) groups is 1. The Morgan fingerprint density at radius 3 is 2.60 bits per heavy atom. The number of ether oxygens (including phenoxy) is 1. The molecule has 1 saturated carbocycles. The van der Waals surface area contributed by atoms with Crippen LogP contribution in [-0.4, -0.2) is 38.1 Å². The van der Waals surface area contributed by atoms with E-state index in [1.165, 1.54) is 0 Å². The van der Waals surface area contributed by atoms with Gasteiger partial charge in [-0.25, -0.2) is 8.78 Å². The number of hydrogen-bond acceptors (Lipinski definition) is 3. The Balaban J connectivity index is 2.52. The highest BCUT2D eigenvalue weighted by atomic mass is 19.3. The first kappa shape index (κ1) is 12.3. The molecule has 0 saturated heterocycles. The Labute approximate surface area is 87.1 Å². The maximum absolute atomic E-state index is 11.9. The Morgan fingerprint density at radius 1 is 1.67 bits per heavy atom. The van der Waals surface area contributed by atoms with Crippen molar-refractivity contribution in [3.8, 4) is 0 Å². The van der Waals surface area contributed by atoms with Gasteiger partial charge in [0.1, 0.15) is 12.1 Å². The number of halogens is 2. The molecule has 6 heteroatoms. The van der Waals surface area contributed by atoms with E-state index in [0.29, 0.717) is 0 Å². The van der Waals surface area contributed by atoms with Crippen LogP contribution in [0.1, 0.15) is 12.8 Å². The summed E-state index contributed by atoms with van der Waals surface area (Å²) in [5.41, 5.74) is 4.29. The predicted octanol–water partition coefficient (Wildman–Crippen LogP) is 0.122. The van der Waals surface area contributed by atoms with E-state index in [1.807, 2.05) is 0 Å². The minimum Gasteiger partial charge on any atom is -0.373 e. The number of nitrogens with one attached hydrogen (secondary N) is 1. The first-order valence-electron chi connectivity index (χ1n) is 4.87. The maximum Gasteiger partial charge on any atom is 0.261 e. The van der Waals surface area contributed by atoms with Crippen molar-refractivity contribution in [2.24, 2.45) is 11.7 Å². The largest absolute Gasteiger partial charge is 0.373 e. The minimum absolute atomic E-state index is 0.0894. The normalized spacial score (nSPS) is 20.3. The van der Waals surface area contributed by atoms with E-state index < -0.39 is 24.5 Å². The van der Waals surface area contributed by atoms with Gasteiger partial charge in [-0.2, -0.15) is 0 Å². The van der Waals surface area contributed by atoms with Crippen LogP contribution < -0.4 is 11.1 Å². The summed E-state index contributed by atoms with van der Waals surface area (Å²) in [6, 6.07) is 0. The molecule has 1 fully saturated rings. The van der Waals surface area contributed by atoms with Crippen LogP contribution in [0.25, 0.3) is 0 Å². The van der Waals surface area contributed by atoms with Gasteiger partial charge >= 0.3 is 0 Å². The molecule has 0 radical (unpaired) electrons. The van der Waals surface area contributed by atoms with Crippen LogP contribution in [0.5, 0.6) is 0 Å². The Morgan fingerprint density at radius 2 is 2.27 bits per heavy atom. The molecule has 1 atom stereocenters. The summed E-state index contributed by atoms with van der Waals surface area (Å²) in [5, 5.41) is 2.81. The zero-order valence-electron chi connectivity index (χ0n) is 8.63. The molecular weight excluding hydrogens is 206 g/mol. The van der Waals surface area contributed by atoms with Gasteiger partial charge in [0, 0.05) is 0 Å². The monoisotopic (exact) mass is 222 g/mol. The van der Waals surface area contributed by atoms with Gasteiger partial charge in [-0.1, -0.05) is 0 Å². The number of nitrogens with two attached hydrogens (primary N) is 1. The Bertz CT molecular complexity index is 234. The van der Waals surface area contributed by atoms with Crippen molar-refractivity contribution < 1.29 is 18.3 Å². The van der Waals surface area contributed by atoms with E-state index in [1.54, 1.807) is 7.05 Å². The molecule has 88 valence electrons. The van der Waals surface area contributed by atoms with Gasteiger partial charge in [0.25, 0.3) is 6.43 Å². The van der Waals surface area contributed by atoms with Crippen LogP contribution >= 0.6 is 0 Å². The molecule has 15 heavy (non-hydrogen) atoms. The molecule has 0 bridgehead atoms. The summed E-state index contributed by atoms with van der Waals surface area (Å²) in [6.07, 6.45) is -0.768. The zero-order valence-corrected chi connectivity index (χ0v) is 8.63. The lowest BCUT2D eigenvalue weighted by molar-refractivity contribution is -0.129. The van der Waals surface area contributed by atoms with E-state index >= 15 is 0 Å². The molecule has 1 aliphatic rings.